The predicted molar refractivity (Wildman–Crippen MR) is 63.6 cm³/mol. The molecule has 0 radical (unpaired) electrons. The van der Waals surface area contributed by atoms with Crippen molar-refractivity contribution in [2.24, 2.45) is 0 Å². The Morgan fingerprint density at radius 1 is 1.44 bits per heavy atom. The molecule has 2 nitrogen and oxygen atoms in total. The minimum atomic E-state index is -1.20. The maximum absolute atomic E-state index is 13.3. The molecule has 1 aromatic carbocycles. The van der Waals surface area contributed by atoms with Gasteiger partial charge in [-0.05, 0) is 24.3 Å². The Bertz CT molecular complexity index is 366. The van der Waals surface area contributed by atoms with E-state index in [0.717, 1.165) is 25.0 Å². The average Bonchev–Trinajstić information content (AvgIpc) is 2.24. The summed E-state index contributed by atoms with van der Waals surface area (Å²) in [6, 6.07) is 4.38. The van der Waals surface area contributed by atoms with Gasteiger partial charge in [-0.25, -0.2) is 9.18 Å². The smallest absolute Gasteiger partial charge is 0.339 e. The van der Waals surface area contributed by atoms with Crippen LogP contribution in [0.1, 0.15) is 36.5 Å². The molecule has 0 heterocycles. The van der Waals surface area contributed by atoms with E-state index in [1.54, 1.807) is 12.1 Å². The van der Waals surface area contributed by atoms with E-state index in [0.29, 0.717) is 4.90 Å². The maximum atomic E-state index is 13.3. The van der Waals surface area contributed by atoms with Gasteiger partial charge in [-0.1, -0.05) is 25.8 Å². The first-order chi connectivity index (χ1) is 7.66. The third-order valence-electron chi connectivity index (χ3n) is 2.19. The average molecular weight is 242 g/mol. The second-order valence-electron chi connectivity index (χ2n) is 3.47. The van der Waals surface area contributed by atoms with Crippen LogP contribution >= 0.6 is 11.8 Å². The molecule has 0 aliphatic carbocycles. The van der Waals surface area contributed by atoms with Crippen LogP contribution in [0.5, 0.6) is 0 Å². The summed E-state index contributed by atoms with van der Waals surface area (Å²) in [5, 5.41) is 8.90. The van der Waals surface area contributed by atoms with Crippen LogP contribution in [0, 0.1) is 5.82 Å². The van der Waals surface area contributed by atoms with Crippen LogP contribution in [0.4, 0.5) is 4.39 Å². The molecule has 0 atom stereocenters. The van der Waals surface area contributed by atoms with Gasteiger partial charge < -0.3 is 5.11 Å². The lowest BCUT2D eigenvalue weighted by Gasteiger charge is -2.06. The number of unbranched alkanes of at least 4 members (excludes halogenated alkanes) is 2. The molecule has 4 heteroatoms. The number of rotatable bonds is 6. The van der Waals surface area contributed by atoms with Crippen LogP contribution in [0.3, 0.4) is 0 Å². The summed E-state index contributed by atoms with van der Waals surface area (Å²) in [5.74, 6) is -1.03. The molecular weight excluding hydrogens is 227 g/mol. The van der Waals surface area contributed by atoms with Crippen molar-refractivity contribution in [1.82, 2.24) is 0 Å². The number of thioether (sulfide) groups is 1. The lowest BCUT2D eigenvalue weighted by atomic mass is 10.2. The van der Waals surface area contributed by atoms with Gasteiger partial charge in [0, 0.05) is 4.90 Å². The van der Waals surface area contributed by atoms with Crippen LogP contribution in [0.15, 0.2) is 23.1 Å². The Morgan fingerprint density at radius 3 is 2.81 bits per heavy atom. The van der Waals surface area contributed by atoms with Crippen molar-refractivity contribution in [2.45, 2.75) is 31.1 Å². The molecule has 88 valence electrons. The standard InChI is InChI=1S/C12H15FO2S/c1-2-3-4-8-16-10-7-5-6-9(13)11(10)12(14)15/h5-7H,2-4,8H2,1H3,(H,14,15). The summed E-state index contributed by atoms with van der Waals surface area (Å²) >= 11 is 1.41. The quantitative estimate of drug-likeness (QED) is 0.609. The van der Waals surface area contributed by atoms with Crippen molar-refractivity contribution < 1.29 is 14.3 Å². The summed E-state index contributed by atoms with van der Waals surface area (Å²) in [7, 11) is 0. The molecule has 0 amide bonds. The molecule has 1 N–H and O–H groups in total. The largest absolute Gasteiger partial charge is 0.478 e. The van der Waals surface area contributed by atoms with Gasteiger partial charge in [-0.3, -0.25) is 0 Å². The van der Waals surface area contributed by atoms with Crippen LogP contribution in [0.25, 0.3) is 0 Å². The fourth-order valence-electron chi connectivity index (χ4n) is 1.37. The minimum Gasteiger partial charge on any atom is -0.478 e. The highest BCUT2D eigenvalue weighted by atomic mass is 32.2. The molecule has 0 bridgehead atoms. The number of benzene rings is 1. The number of carbonyl (C=O) groups is 1. The summed E-state index contributed by atoms with van der Waals surface area (Å²) in [5.41, 5.74) is -0.205. The molecule has 16 heavy (non-hydrogen) atoms. The summed E-state index contributed by atoms with van der Waals surface area (Å²) in [6.07, 6.45) is 3.26. The van der Waals surface area contributed by atoms with Crippen LogP contribution in [-0.2, 0) is 0 Å². The van der Waals surface area contributed by atoms with Crippen LogP contribution in [0.2, 0.25) is 0 Å². The van der Waals surface area contributed by atoms with E-state index in [9.17, 15) is 9.18 Å². The van der Waals surface area contributed by atoms with Gasteiger partial charge in [0.15, 0.2) is 0 Å². The molecule has 0 aliphatic heterocycles. The summed E-state index contributed by atoms with van der Waals surface area (Å²) in [6.45, 7) is 2.11. The van der Waals surface area contributed by atoms with Gasteiger partial charge >= 0.3 is 5.97 Å². The van der Waals surface area contributed by atoms with Crippen molar-refractivity contribution in [3.05, 3.63) is 29.6 Å². The third kappa shape index (κ3) is 3.52. The highest BCUT2D eigenvalue weighted by Crippen LogP contribution is 2.25. The van der Waals surface area contributed by atoms with Crippen LogP contribution in [-0.4, -0.2) is 16.8 Å². The van der Waals surface area contributed by atoms with E-state index in [1.807, 2.05) is 0 Å². The monoisotopic (exact) mass is 242 g/mol. The first kappa shape index (κ1) is 13.0. The molecule has 1 aromatic rings. The number of hydrogen-bond acceptors (Lipinski definition) is 2. The predicted octanol–water partition coefficient (Wildman–Crippen LogP) is 3.81. The Hall–Kier alpha value is -1.03. The van der Waals surface area contributed by atoms with Gasteiger partial charge in [-0.15, -0.1) is 11.8 Å². The van der Waals surface area contributed by atoms with E-state index in [4.69, 9.17) is 5.11 Å². The zero-order valence-corrected chi connectivity index (χ0v) is 10.0. The van der Waals surface area contributed by atoms with Crippen molar-refractivity contribution >= 4 is 17.7 Å². The molecule has 0 unspecified atom stereocenters. The Morgan fingerprint density at radius 2 is 2.19 bits per heavy atom. The molecule has 0 saturated heterocycles. The maximum Gasteiger partial charge on any atom is 0.339 e. The fraction of sp³-hybridized carbons (Fsp3) is 0.417. The van der Waals surface area contributed by atoms with E-state index in [1.165, 1.54) is 17.8 Å². The Labute approximate surface area is 98.9 Å². The Balaban J connectivity index is 2.71. The number of carboxylic acids is 1. The second-order valence-corrected chi connectivity index (χ2v) is 4.61. The molecule has 0 fully saturated rings. The summed E-state index contributed by atoms with van der Waals surface area (Å²) in [4.78, 5) is 11.4. The number of aromatic carboxylic acids is 1. The molecule has 0 aliphatic rings. The van der Waals surface area contributed by atoms with Gasteiger partial charge in [-0.2, -0.15) is 0 Å². The van der Waals surface area contributed by atoms with Gasteiger partial charge in [0.25, 0.3) is 0 Å². The fourth-order valence-corrected chi connectivity index (χ4v) is 2.44. The van der Waals surface area contributed by atoms with Gasteiger partial charge in [0.1, 0.15) is 11.4 Å². The zero-order chi connectivity index (χ0) is 12.0. The highest BCUT2D eigenvalue weighted by Gasteiger charge is 2.15. The highest BCUT2D eigenvalue weighted by molar-refractivity contribution is 7.99. The third-order valence-corrected chi connectivity index (χ3v) is 3.34. The van der Waals surface area contributed by atoms with E-state index in [-0.39, 0.29) is 5.56 Å². The molecule has 0 aromatic heterocycles. The number of hydrogen-bond donors (Lipinski definition) is 1. The molecule has 0 saturated carbocycles. The first-order valence-electron chi connectivity index (χ1n) is 5.31. The van der Waals surface area contributed by atoms with Gasteiger partial charge in [0.2, 0.25) is 0 Å². The van der Waals surface area contributed by atoms with E-state index < -0.39 is 11.8 Å². The van der Waals surface area contributed by atoms with E-state index >= 15 is 0 Å². The van der Waals surface area contributed by atoms with Crippen molar-refractivity contribution in [1.29, 1.82) is 0 Å². The lowest BCUT2D eigenvalue weighted by Crippen LogP contribution is -2.02. The van der Waals surface area contributed by atoms with Crippen molar-refractivity contribution in [3.63, 3.8) is 0 Å². The summed E-state index contributed by atoms with van der Waals surface area (Å²) < 4.78 is 13.3. The minimum absolute atomic E-state index is 0.205. The molecular formula is C12H15FO2S. The Kier molecular flexibility index (Phi) is 5.32. The number of halogens is 1. The molecule has 0 spiro atoms. The van der Waals surface area contributed by atoms with E-state index in [2.05, 4.69) is 6.92 Å². The second kappa shape index (κ2) is 6.53. The first-order valence-corrected chi connectivity index (χ1v) is 6.30. The molecule has 1 rings (SSSR count). The number of carboxylic acid groups (broad SMARTS) is 1. The van der Waals surface area contributed by atoms with Crippen LogP contribution < -0.4 is 0 Å². The van der Waals surface area contributed by atoms with Crippen molar-refractivity contribution in [3.8, 4) is 0 Å². The topological polar surface area (TPSA) is 37.3 Å². The normalized spacial score (nSPS) is 10.4. The SMILES string of the molecule is CCCCCSc1cccc(F)c1C(=O)O. The lowest BCUT2D eigenvalue weighted by molar-refractivity contribution is 0.0688. The van der Waals surface area contributed by atoms with Gasteiger partial charge in [0.05, 0.1) is 0 Å². The zero-order valence-electron chi connectivity index (χ0n) is 9.20. The van der Waals surface area contributed by atoms with Crippen molar-refractivity contribution in [2.75, 3.05) is 5.75 Å².